The normalized spacial score (nSPS) is 11.7. The Balaban J connectivity index is 1.94. The summed E-state index contributed by atoms with van der Waals surface area (Å²) >= 11 is 0. The number of unbranched alkanes of at least 4 members (excludes halogenated alkanes) is 2. The average molecular weight is 496 g/mol. The van der Waals surface area contributed by atoms with Gasteiger partial charge in [-0.1, -0.05) is 40.0 Å². The van der Waals surface area contributed by atoms with Gasteiger partial charge in [-0.25, -0.2) is 4.79 Å². The highest BCUT2D eigenvalue weighted by molar-refractivity contribution is 5.89. The number of carbonyl (C=O) groups is 2. The lowest BCUT2D eigenvalue weighted by molar-refractivity contribution is -0.150. The lowest BCUT2D eigenvalue weighted by Crippen LogP contribution is -2.20. The number of nitrogens with one attached hydrogen (secondary N) is 1. The molecule has 8 nitrogen and oxygen atoms in total. The third-order valence-electron chi connectivity index (χ3n) is 5.39. The van der Waals surface area contributed by atoms with E-state index in [1.165, 1.54) is 0 Å². The van der Waals surface area contributed by atoms with Crippen LogP contribution in [0.4, 0.5) is 5.69 Å². The molecule has 0 aromatic heterocycles. The van der Waals surface area contributed by atoms with E-state index in [-0.39, 0.29) is 31.1 Å². The third kappa shape index (κ3) is 15.4. The zero-order valence-electron chi connectivity index (χ0n) is 21.9. The summed E-state index contributed by atoms with van der Waals surface area (Å²) in [6.07, 6.45) is 6.07. The van der Waals surface area contributed by atoms with Gasteiger partial charge in [0.05, 0.1) is 51.1 Å². The first-order valence-electron chi connectivity index (χ1n) is 13.0. The first kappa shape index (κ1) is 30.9. The molecule has 8 heteroatoms. The molecule has 1 rings (SSSR count). The zero-order valence-corrected chi connectivity index (χ0v) is 21.9. The van der Waals surface area contributed by atoms with Gasteiger partial charge in [0.15, 0.2) is 0 Å². The van der Waals surface area contributed by atoms with Crippen molar-refractivity contribution in [1.29, 1.82) is 0 Å². The number of anilines is 1. The van der Waals surface area contributed by atoms with Gasteiger partial charge in [-0.3, -0.25) is 4.79 Å². The monoisotopic (exact) mass is 495 g/mol. The molecule has 1 aromatic carbocycles. The van der Waals surface area contributed by atoms with Crippen molar-refractivity contribution in [1.82, 2.24) is 0 Å². The Morgan fingerprint density at radius 1 is 0.743 bits per heavy atom. The molecule has 0 saturated heterocycles. The molecule has 0 fully saturated rings. The van der Waals surface area contributed by atoms with Crippen molar-refractivity contribution in [2.45, 2.75) is 59.3 Å². The second-order valence-electron chi connectivity index (χ2n) is 8.25. The van der Waals surface area contributed by atoms with Crippen LogP contribution in [-0.4, -0.2) is 71.3 Å². The summed E-state index contributed by atoms with van der Waals surface area (Å²) in [4.78, 5) is 24.0. The van der Waals surface area contributed by atoms with Gasteiger partial charge >= 0.3 is 11.9 Å². The lowest BCUT2D eigenvalue weighted by Gasteiger charge is -2.13. The standard InChI is InChI=1S/C27H45NO7/c1-4-7-9-23(6-3)26(29)34-21-19-32-17-15-31-16-18-33-20-22-35-27(30)24-10-12-25(13-11-24)28-14-8-5-2/h10-13,23,28H,4-9,14-22H2,1-3H3. The Morgan fingerprint density at radius 3 is 1.83 bits per heavy atom. The SMILES string of the molecule is CCCCNc1ccc(C(=O)OCCOCCOCCOCCOC(=O)C(CC)CCCC)cc1. The molecule has 0 amide bonds. The molecule has 0 aliphatic rings. The molecule has 1 N–H and O–H groups in total. The van der Waals surface area contributed by atoms with Crippen LogP contribution in [0.3, 0.4) is 0 Å². The highest BCUT2D eigenvalue weighted by atomic mass is 16.6. The predicted octanol–water partition coefficient (Wildman–Crippen LogP) is 4.86. The fourth-order valence-electron chi connectivity index (χ4n) is 3.21. The Labute approximate surface area is 211 Å². The summed E-state index contributed by atoms with van der Waals surface area (Å²) in [6, 6.07) is 7.28. The molecular formula is C27H45NO7. The molecule has 200 valence electrons. The van der Waals surface area contributed by atoms with E-state index in [4.69, 9.17) is 23.7 Å². The van der Waals surface area contributed by atoms with Gasteiger partial charge in [0.25, 0.3) is 0 Å². The Hall–Kier alpha value is -2.16. The van der Waals surface area contributed by atoms with Crippen LogP contribution in [0.2, 0.25) is 0 Å². The van der Waals surface area contributed by atoms with E-state index in [2.05, 4.69) is 19.2 Å². The van der Waals surface area contributed by atoms with Gasteiger partial charge in [0, 0.05) is 12.2 Å². The van der Waals surface area contributed by atoms with Crippen molar-refractivity contribution in [3.8, 4) is 0 Å². The minimum Gasteiger partial charge on any atom is -0.463 e. The maximum Gasteiger partial charge on any atom is 0.338 e. The Kier molecular flexibility index (Phi) is 18.7. The van der Waals surface area contributed by atoms with E-state index in [1.807, 2.05) is 19.1 Å². The summed E-state index contributed by atoms with van der Waals surface area (Å²) in [5.74, 6) is -0.499. The molecule has 0 saturated carbocycles. The largest absolute Gasteiger partial charge is 0.463 e. The zero-order chi connectivity index (χ0) is 25.6. The third-order valence-corrected chi connectivity index (χ3v) is 5.39. The highest BCUT2D eigenvalue weighted by Gasteiger charge is 2.16. The molecule has 0 bridgehead atoms. The molecule has 0 heterocycles. The van der Waals surface area contributed by atoms with Crippen LogP contribution in [0.15, 0.2) is 24.3 Å². The first-order chi connectivity index (χ1) is 17.1. The van der Waals surface area contributed by atoms with Crippen molar-refractivity contribution < 1.29 is 33.3 Å². The van der Waals surface area contributed by atoms with Crippen LogP contribution in [0.25, 0.3) is 0 Å². The number of hydrogen-bond donors (Lipinski definition) is 1. The van der Waals surface area contributed by atoms with Gasteiger partial charge in [-0.2, -0.15) is 0 Å². The summed E-state index contributed by atoms with van der Waals surface area (Å²) < 4.78 is 26.8. The average Bonchev–Trinajstić information content (AvgIpc) is 2.87. The van der Waals surface area contributed by atoms with Crippen molar-refractivity contribution in [3.05, 3.63) is 29.8 Å². The molecule has 0 aliphatic heterocycles. The van der Waals surface area contributed by atoms with Gasteiger partial charge < -0.3 is 29.0 Å². The number of ether oxygens (including phenoxy) is 5. The van der Waals surface area contributed by atoms with E-state index in [0.29, 0.717) is 45.2 Å². The highest BCUT2D eigenvalue weighted by Crippen LogP contribution is 2.14. The summed E-state index contributed by atoms with van der Waals surface area (Å²) in [5, 5.41) is 3.31. The quantitative estimate of drug-likeness (QED) is 0.180. The maximum atomic E-state index is 12.1. The van der Waals surface area contributed by atoms with Gasteiger partial charge in [-0.15, -0.1) is 0 Å². The molecule has 0 radical (unpaired) electrons. The Bertz CT molecular complexity index is 666. The topological polar surface area (TPSA) is 92.3 Å². The van der Waals surface area contributed by atoms with Crippen LogP contribution in [-0.2, 0) is 28.5 Å². The van der Waals surface area contributed by atoms with E-state index in [0.717, 1.165) is 50.8 Å². The van der Waals surface area contributed by atoms with Crippen LogP contribution in [0.5, 0.6) is 0 Å². The summed E-state index contributed by atoms with van der Waals surface area (Å²) in [5.41, 5.74) is 1.51. The predicted molar refractivity (Wildman–Crippen MR) is 137 cm³/mol. The van der Waals surface area contributed by atoms with Gasteiger partial charge in [-0.05, 0) is 43.5 Å². The lowest BCUT2D eigenvalue weighted by atomic mass is 10.00. The smallest absolute Gasteiger partial charge is 0.338 e. The fraction of sp³-hybridized carbons (Fsp3) is 0.704. The maximum absolute atomic E-state index is 12.1. The number of carbonyl (C=O) groups excluding carboxylic acids is 2. The summed E-state index contributed by atoms with van der Waals surface area (Å²) in [7, 11) is 0. The second kappa shape index (κ2) is 21.1. The number of rotatable bonds is 22. The van der Waals surface area contributed by atoms with Crippen molar-refractivity contribution >= 4 is 17.6 Å². The Morgan fingerprint density at radius 2 is 1.29 bits per heavy atom. The minimum absolute atomic E-state index is 0.00833. The van der Waals surface area contributed by atoms with Crippen molar-refractivity contribution in [2.75, 3.05) is 64.7 Å². The fourth-order valence-corrected chi connectivity index (χ4v) is 3.21. The number of hydrogen-bond acceptors (Lipinski definition) is 8. The van der Waals surface area contributed by atoms with Gasteiger partial charge in [0.2, 0.25) is 0 Å². The molecule has 0 aliphatic carbocycles. The molecule has 1 atom stereocenters. The minimum atomic E-state index is -0.362. The molecule has 0 spiro atoms. The number of benzene rings is 1. The van der Waals surface area contributed by atoms with Crippen LogP contribution < -0.4 is 5.32 Å². The van der Waals surface area contributed by atoms with Crippen molar-refractivity contribution in [3.63, 3.8) is 0 Å². The van der Waals surface area contributed by atoms with E-state index in [1.54, 1.807) is 12.1 Å². The second-order valence-corrected chi connectivity index (χ2v) is 8.25. The van der Waals surface area contributed by atoms with Crippen LogP contribution in [0, 0.1) is 5.92 Å². The van der Waals surface area contributed by atoms with Gasteiger partial charge in [0.1, 0.15) is 13.2 Å². The van der Waals surface area contributed by atoms with Crippen LogP contribution in [0.1, 0.15) is 69.7 Å². The first-order valence-corrected chi connectivity index (χ1v) is 13.0. The van der Waals surface area contributed by atoms with E-state index >= 15 is 0 Å². The summed E-state index contributed by atoms with van der Waals surface area (Å²) in [6.45, 7) is 10.0. The molecule has 1 aromatic rings. The number of esters is 2. The van der Waals surface area contributed by atoms with E-state index < -0.39 is 0 Å². The molecule has 35 heavy (non-hydrogen) atoms. The molecular weight excluding hydrogens is 450 g/mol. The van der Waals surface area contributed by atoms with Crippen LogP contribution >= 0.6 is 0 Å². The van der Waals surface area contributed by atoms with Crippen molar-refractivity contribution in [2.24, 2.45) is 5.92 Å². The molecule has 1 unspecified atom stereocenters. The van der Waals surface area contributed by atoms with E-state index in [9.17, 15) is 9.59 Å².